The van der Waals surface area contributed by atoms with E-state index in [4.69, 9.17) is 0 Å². The van der Waals surface area contributed by atoms with E-state index in [9.17, 15) is 9.59 Å². The van der Waals surface area contributed by atoms with Crippen LogP contribution in [0.4, 0.5) is 0 Å². The number of aryl methyl sites for hydroxylation is 2. The molecule has 1 atom stereocenters. The molecule has 31 heavy (non-hydrogen) atoms. The maximum absolute atomic E-state index is 12.5. The van der Waals surface area contributed by atoms with E-state index in [1.54, 1.807) is 6.21 Å². The number of amides is 1. The summed E-state index contributed by atoms with van der Waals surface area (Å²) in [5.74, 6) is -0.767. The molecule has 0 radical (unpaired) electrons. The molecule has 2 aromatic carbocycles. The minimum Gasteiger partial charge on any atom is -0.468 e. The molecule has 2 aromatic rings. The molecule has 6 nitrogen and oxygen atoms in total. The quantitative estimate of drug-likeness (QED) is 0.341. The van der Waals surface area contributed by atoms with Crippen LogP contribution in [0.25, 0.3) is 0 Å². The van der Waals surface area contributed by atoms with E-state index in [1.165, 1.54) is 12.7 Å². The van der Waals surface area contributed by atoms with Crippen molar-refractivity contribution >= 4 is 24.3 Å². The van der Waals surface area contributed by atoms with Crippen molar-refractivity contribution in [3.05, 3.63) is 70.8 Å². The third kappa shape index (κ3) is 9.38. The lowest BCUT2D eigenvalue weighted by molar-refractivity contribution is -0.141. The zero-order valence-electron chi connectivity index (χ0n) is 18.5. The molecule has 1 amide bonds. The molecule has 6 heteroatoms. The Labute approximate surface area is 184 Å². The van der Waals surface area contributed by atoms with Gasteiger partial charge in [0, 0.05) is 19.0 Å². The van der Waals surface area contributed by atoms with Gasteiger partial charge in [0.15, 0.2) is 0 Å². The van der Waals surface area contributed by atoms with Crippen LogP contribution in [0.1, 0.15) is 41.5 Å². The second kappa shape index (κ2) is 13.1. The average molecular weight is 422 g/mol. The third-order valence-corrected chi connectivity index (χ3v) is 4.75. The first-order chi connectivity index (χ1) is 15.0. The molecule has 0 fully saturated rings. The molecule has 2 rings (SSSR count). The van der Waals surface area contributed by atoms with Gasteiger partial charge in [0.1, 0.15) is 12.6 Å². The largest absolute Gasteiger partial charge is 0.468 e. The summed E-state index contributed by atoms with van der Waals surface area (Å²) in [6.07, 6.45) is 5.80. The van der Waals surface area contributed by atoms with Crippen LogP contribution in [0, 0.1) is 13.8 Å². The Morgan fingerprint density at radius 3 is 2.10 bits per heavy atom. The summed E-state index contributed by atoms with van der Waals surface area (Å²) in [5.41, 5.74) is 4.39. The van der Waals surface area contributed by atoms with Crippen LogP contribution >= 0.6 is 0 Å². The Hall–Kier alpha value is -3.28. The number of benzene rings is 2. The van der Waals surface area contributed by atoms with Crippen LogP contribution in [-0.4, -0.2) is 50.5 Å². The van der Waals surface area contributed by atoms with Crippen molar-refractivity contribution in [1.82, 2.24) is 5.32 Å². The fraction of sp³-hybridized carbons (Fsp3) is 0.360. The van der Waals surface area contributed by atoms with E-state index in [1.807, 2.05) is 49.5 Å². The fourth-order valence-corrected chi connectivity index (χ4v) is 2.81. The van der Waals surface area contributed by atoms with E-state index in [0.29, 0.717) is 13.0 Å². The van der Waals surface area contributed by atoms with Gasteiger partial charge < -0.3 is 10.1 Å². The van der Waals surface area contributed by atoms with Gasteiger partial charge in [-0.2, -0.15) is 0 Å². The van der Waals surface area contributed by atoms with Crippen molar-refractivity contribution in [2.45, 2.75) is 39.2 Å². The number of ether oxygens (including phenoxy) is 1. The van der Waals surface area contributed by atoms with Gasteiger partial charge in [-0.25, -0.2) is 0 Å². The van der Waals surface area contributed by atoms with E-state index < -0.39 is 12.0 Å². The molecule has 0 unspecified atom stereocenters. The second-order valence-corrected chi connectivity index (χ2v) is 7.44. The molecule has 0 aromatic heterocycles. The van der Waals surface area contributed by atoms with Crippen molar-refractivity contribution in [1.29, 1.82) is 0 Å². The predicted octanol–water partition coefficient (Wildman–Crippen LogP) is 3.67. The first-order valence-electron chi connectivity index (χ1n) is 10.5. The Bertz CT molecular complexity index is 887. The number of carbonyl (C=O) groups is 2. The minimum atomic E-state index is -0.563. The topological polar surface area (TPSA) is 80.1 Å². The average Bonchev–Trinajstić information content (AvgIpc) is 2.78. The van der Waals surface area contributed by atoms with Crippen molar-refractivity contribution < 1.29 is 14.3 Å². The van der Waals surface area contributed by atoms with Gasteiger partial charge in [-0.15, -0.1) is 0 Å². The van der Waals surface area contributed by atoms with Gasteiger partial charge in [0.2, 0.25) is 5.91 Å². The highest BCUT2D eigenvalue weighted by Crippen LogP contribution is 2.08. The number of carbonyl (C=O) groups excluding carboxylic acids is 2. The number of rotatable bonds is 11. The number of esters is 1. The predicted molar refractivity (Wildman–Crippen MR) is 125 cm³/mol. The molecule has 0 aliphatic heterocycles. The van der Waals surface area contributed by atoms with Gasteiger partial charge in [0.25, 0.3) is 0 Å². The zero-order valence-corrected chi connectivity index (χ0v) is 18.5. The number of methoxy groups -OCH3 is 1. The standard InChI is InChI=1S/C25H31N3O3/c1-19-7-11-21(12-8-19)16-26-15-5-4-6-23(25(30)28-18-24(29)31-3)27-17-22-13-9-20(2)10-14-22/h7-14,16-17,23H,4-6,15,18H2,1-3H3,(H,28,30)/t23-/m0/s1. The van der Waals surface area contributed by atoms with Gasteiger partial charge in [-0.1, -0.05) is 59.7 Å². The van der Waals surface area contributed by atoms with Crippen LogP contribution < -0.4 is 5.32 Å². The van der Waals surface area contributed by atoms with Crippen LogP contribution in [-0.2, 0) is 14.3 Å². The molecule has 0 bridgehead atoms. The molecule has 0 heterocycles. The van der Waals surface area contributed by atoms with E-state index >= 15 is 0 Å². The van der Waals surface area contributed by atoms with Crippen LogP contribution in [0.5, 0.6) is 0 Å². The number of aliphatic imine (C=N–C) groups is 2. The summed E-state index contributed by atoms with van der Waals surface area (Å²) in [7, 11) is 1.29. The van der Waals surface area contributed by atoms with Gasteiger partial charge in [0.05, 0.1) is 7.11 Å². The maximum atomic E-state index is 12.5. The number of unbranched alkanes of at least 4 members (excludes halogenated alkanes) is 1. The summed E-state index contributed by atoms with van der Waals surface area (Å²) in [5, 5.41) is 2.60. The Balaban J connectivity index is 1.87. The number of nitrogens with zero attached hydrogens (tertiary/aromatic N) is 2. The summed E-state index contributed by atoms with van der Waals surface area (Å²) < 4.78 is 4.58. The fourth-order valence-electron chi connectivity index (χ4n) is 2.81. The maximum Gasteiger partial charge on any atom is 0.325 e. The van der Waals surface area contributed by atoms with E-state index in [2.05, 4.69) is 39.1 Å². The summed E-state index contributed by atoms with van der Waals surface area (Å²) in [6, 6.07) is 15.6. The Morgan fingerprint density at radius 2 is 1.52 bits per heavy atom. The Kier molecular flexibility index (Phi) is 10.1. The second-order valence-electron chi connectivity index (χ2n) is 7.44. The Morgan fingerprint density at radius 1 is 0.935 bits per heavy atom. The SMILES string of the molecule is COC(=O)CNC(=O)[C@H](CCCCN=Cc1ccc(C)cc1)N=Cc1ccc(C)cc1. The van der Waals surface area contributed by atoms with Crippen LogP contribution in [0.2, 0.25) is 0 Å². The van der Waals surface area contributed by atoms with Crippen LogP contribution in [0.3, 0.4) is 0 Å². The number of hydrogen-bond donors (Lipinski definition) is 1. The zero-order chi connectivity index (χ0) is 22.5. The molecule has 0 saturated carbocycles. The molecule has 0 aliphatic rings. The molecule has 164 valence electrons. The van der Waals surface area contributed by atoms with Crippen molar-refractivity contribution in [3.63, 3.8) is 0 Å². The molecule has 1 N–H and O–H groups in total. The monoisotopic (exact) mass is 421 g/mol. The van der Waals surface area contributed by atoms with E-state index in [-0.39, 0.29) is 12.5 Å². The first-order valence-corrected chi connectivity index (χ1v) is 10.5. The van der Waals surface area contributed by atoms with E-state index in [0.717, 1.165) is 29.5 Å². The molecule has 0 spiro atoms. The lowest BCUT2D eigenvalue weighted by atomic mass is 10.1. The normalized spacial score (nSPS) is 12.2. The number of hydrogen-bond acceptors (Lipinski definition) is 5. The number of nitrogens with one attached hydrogen (secondary N) is 1. The minimum absolute atomic E-state index is 0.160. The summed E-state index contributed by atoms with van der Waals surface area (Å²) in [6.45, 7) is 4.60. The summed E-state index contributed by atoms with van der Waals surface area (Å²) in [4.78, 5) is 32.8. The van der Waals surface area contributed by atoms with Crippen molar-refractivity contribution in [2.24, 2.45) is 9.98 Å². The summed E-state index contributed by atoms with van der Waals surface area (Å²) >= 11 is 0. The first kappa shape index (κ1) is 24.0. The van der Waals surface area contributed by atoms with Gasteiger partial charge in [-0.3, -0.25) is 19.6 Å². The van der Waals surface area contributed by atoms with Crippen molar-refractivity contribution in [2.75, 3.05) is 20.2 Å². The van der Waals surface area contributed by atoms with Crippen molar-refractivity contribution in [3.8, 4) is 0 Å². The lowest BCUT2D eigenvalue weighted by Gasteiger charge is -2.12. The highest BCUT2D eigenvalue weighted by molar-refractivity contribution is 5.88. The molecule has 0 aliphatic carbocycles. The highest BCUT2D eigenvalue weighted by atomic mass is 16.5. The molecular weight excluding hydrogens is 390 g/mol. The molecule has 0 saturated heterocycles. The highest BCUT2D eigenvalue weighted by Gasteiger charge is 2.17. The lowest BCUT2D eigenvalue weighted by Crippen LogP contribution is -2.37. The van der Waals surface area contributed by atoms with Gasteiger partial charge >= 0.3 is 5.97 Å². The third-order valence-electron chi connectivity index (χ3n) is 4.75. The smallest absolute Gasteiger partial charge is 0.325 e. The van der Waals surface area contributed by atoms with Crippen LogP contribution in [0.15, 0.2) is 58.5 Å². The molecular formula is C25H31N3O3. The van der Waals surface area contributed by atoms with Gasteiger partial charge in [-0.05, 0) is 44.2 Å².